The maximum Gasteiger partial charge on any atom is 0.230 e. The first-order chi connectivity index (χ1) is 12.2. The fraction of sp³-hybridized carbons (Fsp3) is 0.429. The second-order valence-corrected chi connectivity index (χ2v) is 7.46. The highest BCUT2D eigenvalue weighted by molar-refractivity contribution is 5.85. The second kappa shape index (κ2) is 6.51. The lowest BCUT2D eigenvalue weighted by atomic mass is 9.78. The van der Waals surface area contributed by atoms with E-state index in [1.165, 1.54) is 11.1 Å². The normalized spacial score (nSPS) is 23.5. The number of aromatic nitrogens is 1. The number of anilines is 1. The lowest BCUT2D eigenvalue weighted by Crippen LogP contribution is -2.49. The van der Waals surface area contributed by atoms with Crippen LogP contribution in [-0.2, 0) is 11.3 Å². The molecule has 2 aromatic rings. The van der Waals surface area contributed by atoms with Crippen molar-refractivity contribution in [3.05, 3.63) is 59.8 Å². The Morgan fingerprint density at radius 2 is 2.04 bits per heavy atom. The smallest absolute Gasteiger partial charge is 0.230 e. The van der Waals surface area contributed by atoms with E-state index in [9.17, 15) is 4.79 Å². The molecule has 1 spiro atoms. The predicted molar refractivity (Wildman–Crippen MR) is 99.3 cm³/mol. The molecule has 0 aliphatic carbocycles. The van der Waals surface area contributed by atoms with Gasteiger partial charge in [-0.15, -0.1) is 0 Å². The third-order valence-electron chi connectivity index (χ3n) is 5.61. The largest absolute Gasteiger partial charge is 0.356 e. The van der Waals surface area contributed by atoms with E-state index in [4.69, 9.17) is 0 Å². The number of likely N-dealkylation sites (tertiary alicyclic amines) is 1. The molecule has 0 bridgehead atoms. The molecule has 4 heteroatoms. The summed E-state index contributed by atoms with van der Waals surface area (Å²) >= 11 is 0. The summed E-state index contributed by atoms with van der Waals surface area (Å²) in [6, 6.07) is 14.5. The van der Waals surface area contributed by atoms with Gasteiger partial charge in [0, 0.05) is 32.4 Å². The van der Waals surface area contributed by atoms with E-state index in [0.29, 0.717) is 5.91 Å². The van der Waals surface area contributed by atoms with Crippen LogP contribution in [-0.4, -0.2) is 35.4 Å². The van der Waals surface area contributed by atoms with Gasteiger partial charge in [-0.3, -0.25) is 4.79 Å². The van der Waals surface area contributed by atoms with Crippen LogP contribution in [0, 0.1) is 12.3 Å². The molecule has 1 amide bonds. The first kappa shape index (κ1) is 16.1. The van der Waals surface area contributed by atoms with Crippen molar-refractivity contribution >= 4 is 11.7 Å². The van der Waals surface area contributed by atoms with Gasteiger partial charge in [-0.2, -0.15) is 0 Å². The van der Waals surface area contributed by atoms with Crippen LogP contribution >= 0.6 is 0 Å². The SMILES string of the molecule is Cc1cccc(CN2CCC[C@@]3(CCN(c4ccccn4)C3)C2=O)c1. The van der Waals surface area contributed by atoms with Crippen molar-refractivity contribution < 1.29 is 4.79 Å². The molecule has 1 aromatic carbocycles. The maximum absolute atomic E-state index is 13.3. The lowest BCUT2D eigenvalue weighted by molar-refractivity contribution is -0.145. The Labute approximate surface area is 149 Å². The van der Waals surface area contributed by atoms with Crippen LogP contribution < -0.4 is 4.90 Å². The van der Waals surface area contributed by atoms with Crippen LogP contribution in [0.2, 0.25) is 0 Å². The minimum Gasteiger partial charge on any atom is -0.356 e. The number of hydrogen-bond acceptors (Lipinski definition) is 3. The summed E-state index contributed by atoms with van der Waals surface area (Å²) in [6.07, 6.45) is 4.85. The predicted octanol–water partition coefficient (Wildman–Crippen LogP) is 3.41. The number of benzene rings is 1. The van der Waals surface area contributed by atoms with Crippen LogP contribution in [0.1, 0.15) is 30.4 Å². The summed E-state index contributed by atoms with van der Waals surface area (Å²) in [5, 5.41) is 0. The first-order valence-electron chi connectivity index (χ1n) is 9.17. The Balaban J connectivity index is 1.50. The van der Waals surface area contributed by atoms with Crippen LogP contribution in [0.3, 0.4) is 0 Å². The highest BCUT2D eigenvalue weighted by Gasteiger charge is 2.48. The van der Waals surface area contributed by atoms with Gasteiger partial charge in [0.15, 0.2) is 0 Å². The van der Waals surface area contributed by atoms with Gasteiger partial charge in [0.25, 0.3) is 0 Å². The molecular formula is C21H25N3O. The number of piperidine rings is 1. The molecule has 0 unspecified atom stereocenters. The van der Waals surface area contributed by atoms with E-state index in [-0.39, 0.29) is 5.41 Å². The van der Waals surface area contributed by atoms with Crippen LogP contribution in [0.4, 0.5) is 5.82 Å². The highest BCUT2D eigenvalue weighted by Crippen LogP contribution is 2.41. The molecule has 2 aliphatic heterocycles. The van der Waals surface area contributed by atoms with Crippen molar-refractivity contribution in [1.82, 2.24) is 9.88 Å². The van der Waals surface area contributed by atoms with E-state index in [0.717, 1.165) is 51.3 Å². The third-order valence-corrected chi connectivity index (χ3v) is 5.61. The first-order valence-corrected chi connectivity index (χ1v) is 9.17. The Hall–Kier alpha value is -2.36. The van der Waals surface area contributed by atoms with Crippen LogP contribution in [0.25, 0.3) is 0 Å². The molecule has 0 saturated carbocycles. The zero-order valence-corrected chi connectivity index (χ0v) is 14.8. The zero-order valence-electron chi connectivity index (χ0n) is 14.8. The van der Waals surface area contributed by atoms with Crippen molar-refractivity contribution in [2.45, 2.75) is 32.7 Å². The summed E-state index contributed by atoms with van der Waals surface area (Å²) < 4.78 is 0. The average molecular weight is 335 g/mol. The monoisotopic (exact) mass is 335 g/mol. The van der Waals surface area contributed by atoms with Gasteiger partial charge in [0.05, 0.1) is 5.41 Å². The molecule has 130 valence electrons. The molecule has 0 radical (unpaired) electrons. The van der Waals surface area contributed by atoms with E-state index >= 15 is 0 Å². The number of nitrogens with zero attached hydrogens (tertiary/aromatic N) is 3. The highest BCUT2D eigenvalue weighted by atomic mass is 16.2. The summed E-state index contributed by atoms with van der Waals surface area (Å²) in [7, 11) is 0. The van der Waals surface area contributed by atoms with Gasteiger partial charge in [-0.1, -0.05) is 35.9 Å². The molecule has 4 rings (SSSR count). The van der Waals surface area contributed by atoms with E-state index in [2.05, 4.69) is 46.0 Å². The summed E-state index contributed by atoms with van der Waals surface area (Å²) in [4.78, 5) is 22.1. The number of carbonyl (C=O) groups is 1. The molecule has 2 saturated heterocycles. The molecule has 2 aliphatic rings. The minimum atomic E-state index is -0.223. The van der Waals surface area contributed by atoms with Gasteiger partial charge in [0.2, 0.25) is 5.91 Å². The molecule has 25 heavy (non-hydrogen) atoms. The Morgan fingerprint density at radius 3 is 2.84 bits per heavy atom. The molecule has 2 fully saturated rings. The number of amides is 1. The van der Waals surface area contributed by atoms with E-state index in [1.54, 1.807) is 0 Å². The lowest BCUT2D eigenvalue weighted by Gasteiger charge is -2.39. The van der Waals surface area contributed by atoms with Crippen molar-refractivity contribution in [3.8, 4) is 0 Å². The van der Waals surface area contributed by atoms with Crippen LogP contribution in [0.15, 0.2) is 48.7 Å². The minimum absolute atomic E-state index is 0.223. The Bertz CT molecular complexity index is 761. The van der Waals surface area contributed by atoms with E-state index in [1.807, 2.05) is 24.4 Å². The number of rotatable bonds is 3. The maximum atomic E-state index is 13.3. The van der Waals surface area contributed by atoms with Crippen molar-refractivity contribution in [1.29, 1.82) is 0 Å². The van der Waals surface area contributed by atoms with Gasteiger partial charge >= 0.3 is 0 Å². The van der Waals surface area contributed by atoms with Gasteiger partial charge < -0.3 is 9.80 Å². The van der Waals surface area contributed by atoms with Gasteiger partial charge in [-0.25, -0.2) is 4.98 Å². The number of hydrogen-bond donors (Lipinski definition) is 0. The number of carbonyl (C=O) groups excluding carboxylic acids is 1. The zero-order chi connectivity index (χ0) is 17.3. The summed E-state index contributed by atoms with van der Waals surface area (Å²) in [5.41, 5.74) is 2.25. The topological polar surface area (TPSA) is 36.4 Å². The average Bonchev–Trinajstić information content (AvgIpc) is 3.05. The number of pyridine rings is 1. The third kappa shape index (κ3) is 3.13. The molecule has 1 aromatic heterocycles. The van der Waals surface area contributed by atoms with Crippen molar-refractivity contribution in [2.75, 3.05) is 24.5 Å². The quantitative estimate of drug-likeness (QED) is 0.862. The molecular weight excluding hydrogens is 310 g/mol. The molecule has 0 N–H and O–H groups in total. The number of aryl methyl sites for hydroxylation is 1. The second-order valence-electron chi connectivity index (χ2n) is 7.46. The molecule has 1 atom stereocenters. The summed E-state index contributed by atoms with van der Waals surface area (Å²) in [6.45, 7) is 5.42. The van der Waals surface area contributed by atoms with Crippen molar-refractivity contribution in [3.63, 3.8) is 0 Å². The van der Waals surface area contributed by atoms with Gasteiger partial charge in [-0.05, 0) is 43.9 Å². The molecule has 3 heterocycles. The fourth-order valence-electron chi connectivity index (χ4n) is 4.32. The Morgan fingerprint density at radius 1 is 1.12 bits per heavy atom. The van der Waals surface area contributed by atoms with Crippen molar-refractivity contribution in [2.24, 2.45) is 5.41 Å². The van der Waals surface area contributed by atoms with Crippen LogP contribution in [0.5, 0.6) is 0 Å². The summed E-state index contributed by atoms with van der Waals surface area (Å²) in [5.74, 6) is 1.32. The standard InChI is InChI=1S/C21H25N3O/c1-17-6-4-7-18(14-17)15-23-12-5-9-21(20(23)25)10-13-24(16-21)19-8-2-3-11-22-19/h2-4,6-8,11,14H,5,9-10,12-13,15-16H2,1H3/t21-/m0/s1. The fourth-order valence-corrected chi connectivity index (χ4v) is 4.32. The molecule has 4 nitrogen and oxygen atoms in total. The Kier molecular flexibility index (Phi) is 4.20. The van der Waals surface area contributed by atoms with E-state index < -0.39 is 0 Å². The van der Waals surface area contributed by atoms with Gasteiger partial charge in [0.1, 0.15) is 5.82 Å².